The zero-order chi connectivity index (χ0) is 19.0. The van der Waals surface area contributed by atoms with Gasteiger partial charge in [-0.05, 0) is 68.5 Å². The molecule has 0 radical (unpaired) electrons. The maximum absolute atomic E-state index is 11.0. The van der Waals surface area contributed by atoms with Crippen LogP contribution in [0, 0.1) is 13.8 Å². The number of carboxylic acid groups (broad SMARTS) is 1. The van der Waals surface area contributed by atoms with Crippen molar-refractivity contribution in [3.63, 3.8) is 0 Å². The number of carbonyl (C=O) groups is 1. The predicted molar refractivity (Wildman–Crippen MR) is 104 cm³/mol. The Morgan fingerprint density at radius 2 is 1.72 bits per heavy atom. The molecule has 0 fully saturated rings. The van der Waals surface area contributed by atoms with Crippen LogP contribution in [0.25, 0.3) is 5.57 Å². The van der Waals surface area contributed by atoms with Gasteiger partial charge in [0.25, 0.3) is 0 Å². The van der Waals surface area contributed by atoms with E-state index in [9.17, 15) is 4.79 Å². The highest BCUT2D eigenvalue weighted by molar-refractivity contribution is 5.90. The number of aliphatic carboxylic acids is 1. The van der Waals surface area contributed by atoms with Crippen molar-refractivity contribution < 1.29 is 9.90 Å². The Hall–Kier alpha value is -2.75. The number of benzene rings is 1. The summed E-state index contributed by atoms with van der Waals surface area (Å²) in [5.74, 6) is -0.120. The molecule has 1 aliphatic heterocycles. The van der Waals surface area contributed by atoms with Crippen LogP contribution in [-0.4, -0.2) is 23.0 Å². The van der Waals surface area contributed by atoms with E-state index in [0.717, 1.165) is 50.7 Å². The lowest BCUT2D eigenvalue weighted by Crippen LogP contribution is -2.36. The van der Waals surface area contributed by atoms with Crippen molar-refractivity contribution in [2.45, 2.75) is 34.6 Å². The zero-order valence-corrected chi connectivity index (χ0v) is 15.9. The zero-order valence-electron chi connectivity index (χ0n) is 15.9. The summed E-state index contributed by atoms with van der Waals surface area (Å²) in [4.78, 5) is 15.1. The molecular weight excluding hydrogens is 312 g/mol. The van der Waals surface area contributed by atoms with Crippen molar-refractivity contribution in [2.75, 3.05) is 11.9 Å². The van der Waals surface area contributed by atoms with Crippen LogP contribution in [0.5, 0.6) is 0 Å². The molecule has 1 aromatic rings. The molecular formula is C21H26N2O2. The molecule has 25 heavy (non-hydrogen) atoms. The number of carboxylic acids is 1. The fourth-order valence-electron chi connectivity index (χ4n) is 3.18. The third-order valence-corrected chi connectivity index (χ3v) is 4.94. The standard InChI is InChI=1S/C21H26N2O2/c1-12-9-14(3)20(11-19(12)13(2)10-21(24)25)23-17(6)15(4)16(5)22(8)18(23)7/h9-11H,6-7H2,1-5,8H3,(H,24,25). The molecule has 0 bridgehead atoms. The highest BCUT2D eigenvalue weighted by Gasteiger charge is 2.27. The second kappa shape index (κ2) is 6.63. The normalized spacial score (nSPS) is 16.0. The summed E-state index contributed by atoms with van der Waals surface area (Å²) in [6.45, 7) is 18.4. The molecule has 1 aliphatic rings. The van der Waals surface area contributed by atoms with E-state index in [1.807, 2.05) is 50.6 Å². The minimum absolute atomic E-state index is 0.719. The van der Waals surface area contributed by atoms with Gasteiger partial charge in [0.15, 0.2) is 0 Å². The highest BCUT2D eigenvalue weighted by atomic mass is 16.4. The second-order valence-corrected chi connectivity index (χ2v) is 6.59. The third kappa shape index (κ3) is 3.25. The first-order chi connectivity index (χ1) is 11.6. The molecule has 0 spiro atoms. The minimum atomic E-state index is -0.944. The van der Waals surface area contributed by atoms with E-state index in [4.69, 9.17) is 5.11 Å². The number of hydrogen-bond acceptors (Lipinski definition) is 3. The fourth-order valence-corrected chi connectivity index (χ4v) is 3.18. The molecule has 1 aromatic carbocycles. The van der Waals surface area contributed by atoms with Gasteiger partial charge >= 0.3 is 5.97 Å². The van der Waals surface area contributed by atoms with E-state index < -0.39 is 5.97 Å². The van der Waals surface area contributed by atoms with Gasteiger partial charge in [0.1, 0.15) is 5.82 Å². The molecule has 0 aromatic heterocycles. The summed E-state index contributed by atoms with van der Waals surface area (Å²) < 4.78 is 0. The first kappa shape index (κ1) is 18.6. The Morgan fingerprint density at radius 1 is 1.12 bits per heavy atom. The molecule has 4 nitrogen and oxygen atoms in total. The van der Waals surface area contributed by atoms with E-state index in [2.05, 4.69) is 26.1 Å². The number of hydrogen-bond donors (Lipinski definition) is 1. The van der Waals surface area contributed by atoms with Crippen LogP contribution < -0.4 is 4.90 Å². The predicted octanol–water partition coefficient (Wildman–Crippen LogP) is 4.82. The fraction of sp³-hybridized carbons (Fsp3) is 0.286. The number of anilines is 1. The van der Waals surface area contributed by atoms with Crippen molar-refractivity contribution in [1.82, 2.24) is 4.90 Å². The molecule has 0 unspecified atom stereocenters. The smallest absolute Gasteiger partial charge is 0.328 e. The quantitative estimate of drug-likeness (QED) is 0.802. The summed E-state index contributed by atoms with van der Waals surface area (Å²) in [6.07, 6.45) is 1.24. The van der Waals surface area contributed by atoms with Crippen molar-refractivity contribution in [3.05, 3.63) is 70.8 Å². The van der Waals surface area contributed by atoms with Crippen LogP contribution >= 0.6 is 0 Å². The van der Waals surface area contributed by atoms with E-state index in [0.29, 0.717) is 0 Å². The van der Waals surface area contributed by atoms with Crippen molar-refractivity contribution in [1.29, 1.82) is 0 Å². The van der Waals surface area contributed by atoms with E-state index in [1.54, 1.807) is 0 Å². The van der Waals surface area contributed by atoms with Gasteiger partial charge in [-0.1, -0.05) is 19.2 Å². The molecule has 2 rings (SSSR count). The van der Waals surface area contributed by atoms with Crippen LogP contribution in [0.2, 0.25) is 0 Å². The summed E-state index contributed by atoms with van der Waals surface area (Å²) >= 11 is 0. The lowest BCUT2D eigenvalue weighted by Gasteiger charge is -2.41. The Bertz CT molecular complexity index is 844. The lowest BCUT2D eigenvalue weighted by molar-refractivity contribution is -0.131. The van der Waals surface area contributed by atoms with Crippen LogP contribution in [0.15, 0.2) is 54.2 Å². The van der Waals surface area contributed by atoms with Gasteiger partial charge in [-0.25, -0.2) is 4.79 Å². The van der Waals surface area contributed by atoms with Crippen molar-refractivity contribution in [3.8, 4) is 0 Å². The molecule has 1 heterocycles. The molecule has 0 aliphatic carbocycles. The maximum atomic E-state index is 11.0. The van der Waals surface area contributed by atoms with Gasteiger partial charge in [0.2, 0.25) is 0 Å². The van der Waals surface area contributed by atoms with Crippen LogP contribution in [0.4, 0.5) is 5.69 Å². The Balaban J connectivity index is 2.66. The number of nitrogens with zero attached hydrogens (tertiary/aromatic N) is 2. The molecule has 132 valence electrons. The van der Waals surface area contributed by atoms with Gasteiger partial charge in [0, 0.05) is 24.5 Å². The number of allylic oxidation sites excluding steroid dienone is 3. The average molecular weight is 338 g/mol. The van der Waals surface area contributed by atoms with E-state index in [1.165, 1.54) is 6.08 Å². The van der Waals surface area contributed by atoms with Crippen molar-refractivity contribution >= 4 is 17.2 Å². The van der Waals surface area contributed by atoms with E-state index >= 15 is 0 Å². The Kier molecular flexibility index (Phi) is 4.93. The highest BCUT2D eigenvalue weighted by Crippen LogP contribution is 2.38. The molecule has 1 N–H and O–H groups in total. The molecule has 0 amide bonds. The van der Waals surface area contributed by atoms with Gasteiger partial charge in [-0.3, -0.25) is 4.90 Å². The number of aryl methyl sites for hydroxylation is 2. The number of rotatable bonds is 3. The summed E-state index contributed by atoms with van der Waals surface area (Å²) in [6, 6.07) is 4.10. The lowest BCUT2D eigenvalue weighted by atomic mass is 9.96. The van der Waals surface area contributed by atoms with E-state index in [-0.39, 0.29) is 0 Å². The SMILES string of the molecule is C=C1C(C)=C(C)N(C)C(=C)N1c1cc(C(C)=CC(=O)O)c(C)cc1C. The first-order valence-electron chi connectivity index (χ1n) is 8.18. The minimum Gasteiger partial charge on any atom is -0.478 e. The van der Waals surface area contributed by atoms with Gasteiger partial charge in [-0.2, -0.15) is 0 Å². The summed E-state index contributed by atoms with van der Waals surface area (Å²) in [7, 11) is 1.99. The van der Waals surface area contributed by atoms with Crippen LogP contribution in [0.1, 0.15) is 37.5 Å². The van der Waals surface area contributed by atoms with Gasteiger partial charge in [0.05, 0.1) is 5.69 Å². The second-order valence-electron chi connectivity index (χ2n) is 6.59. The molecule has 0 saturated carbocycles. The molecule has 0 atom stereocenters. The Morgan fingerprint density at radius 3 is 2.28 bits per heavy atom. The van der Waals surface area contributed by atoms with Gasteiger partial charge in [-0.15, -0.1) is 0 Å². The topological polar surface area (TPSA) is 43.8 Å². The third-order valence-electron chi connectivity index (χ3n) is 4.94. The average Bonchev–Trinajstić information content (AvgIpc) is 2.52. The van der Waals surface area contributed by atoms with Gasteiger partial charge < -0.3 is 10.0 Å². The van der Waals surface area contributed by atoms with Crippen LogP contribution in [-0.2, 0) is 4.79 Å². The Labute approximate surface area is 150 Å². The molecule has 4 heteroatoms. The monoisotopic (exact) mass is 338 g/mol. The van der Waals surface area contributed by atoms with Crippen molar-refractivity contribution in [2.24, 2.45) is 0 Å². The largest absolute Gasteiger partial charge is 0.478 e. The molecule has 0 saturated heterocycles. The summed E-state index contributed by atoms with van der Waals surface area (Å²) in [5.41, 5.74) is 7.85. The first-order valence-corrected chi connectivity index (χ1v) is 8.18. The summed E-state index contributed by atoms with van der Waals surface area (Å²) in [5, 5.41) is 9.06. The maximum Gasteiger partial charge on any atom is 0.328 e. The van der Waals surface area contributed by atoms with Crippen LogP contribution in [0.3, 0.4) is 0 Å².